The summed E-state index contributed by atoms with van der Waals surface area (Å²) in [4.78, 5) is 7.61. The molecule has 66 valence electrons. The first-order chi connectivity index (χ1) is 5.70. The van der Waals surface area contributed by atoms with Crippen LogP contribution in [-0.2, 0) is 0 Å². The van der Waals surface area contributed by atoms with Crippen LogP contribution in [0.2, 0.25) is 5.02 Å². The summed E-state index contributed by atoms with van der Waals surface area (Å²) in [5, 5.41) is 12.3. The number of nitrogens with one attached hydrogen (secondary N) is 1. The summed E-state index contributed by atoms with van der Waals surface area (Å²) in [6, 6.07) is 0. The average Bonchev–Trinajstić information content (AvgIpc) is 2.03. The van der Waals surface area contributed by atoms with Crippen molar-refractivity contribution in [2.45, 2.75) is 13.0 Å². The highest BCUT2D eigenvalue weighted by atomic mass is 35.5. The lowest BCUT2D eigenvalue weighted by atomic mass is 10.4. The van der Waals surface area contributed by atoms with Gasteiger partial charge in [0.05, 0.1) is 12.3 Å². The summed E-state index contributed by atoms with van der Waals surface area (Å²) < 4.78 is 0. The van der Waals surface area contributed by atoms with Gasteiger partial charge in [-0.2, -0.15) is 0 Å². The lowest BCUT2D eigenvalue weighted by Crippen LogP contribution is -2.16. The average molecular weight is 188 g/mol. The molecule has 0 aliphatic heterocycles. The molecule has 2 N–H and O–H groups in total. The molecule has 0 saturated heterocycles. The van der Waals surface area contributed by atoms with E-state index >= 15 is 0 Å². The van der Waals surface area contributed by atoms with Crippen molar-refractivity contribution in [3.63, 3.8) is 0 Å². The molecule has 1 aromatic heterocycles. The normalized spacial score (nSPS) is 12.6. The molecule has 0 aromatic carbocycles. The highest BCUT2D eigenvalue weighted by molar-refractivity contribution is 6.32. The molecule has 0 aliphatic rings. The summed E-state index contributed by atoms with van der Waals surface area (Å²) in [6.07, 6.45) is 2.48. The Morgan fingerprint density at radius 2 is 2.50 bits per heavy atom. The van der Waals surface area contributed by atoms with Crippen LogP contribution in [0.4, 0.5) is 5.82 Å². The molecule has 0 bridgehead atoms. The molecule has 1 heterocycles. The Morgan fingerprint density at radius 1 is 1.75 bits per heavy atom. The molecule has 1 aromatic rings. The van der Waals surface area contributed by atoms with Crippen molar-refractivity contribution in [3.8, 4) is 0 Å². The molecule has 12 heavy (non-hydrogen) atoms. The van der Waals surface area contributed by atoms with E-state index in [9.17, 15) is 0 Å². The van der Waals surface area contributed by atoms with E-state index < -0.39 is 6.10 Å². The molecule has 1 unspecified atom stereocenters. The smallest absolute Gasteiger partial charge is 0.148 e. The van der Waals surface area contributed by atoms with Crippen LogP contribution in [0, 0.1) is 0 Å². The summed E-state index contributed by atoms with van der Waals surface area (Å²) in [6.45, 7) is 2.11. The van der Waals surface area contributed by atoms with Crippen molar-refractivity contribution < 1.29 is 5.11 Å². The van der Waals surface area contributed by atoms with Gasteiger partial charge in [0, 0.05) is 6.54 Å². The summed E-state index contributed by atoms with van der Waals surface area (Å²) in [5.41, 5.74) is 0. The Bertz CT molecular complexity index is 254. The highest BCUT2D eigenvalue weighted by Crippen LogP contribution is 2.15. The van der Waals surface area contributed by atoms with E-state index in [1.165, 1.54) is 12.5 Å². The van der Waals surface area contributed by atoms with Gasteiger partial charge < -0.3 is 10.4 Å². The quantitative estimate of drug-likeness (QED) is 0.739. The molecule has 0 radical (unpaired) electrons. The monoisotopic (exact) mass is 187 g/mol. The fraction of sp³-hybridized carbons (Fsp3) is 0.429. The Hall–Kier alpha value is -0.870. The first kappa shape index (κ1) is 9.22. The Balaban J connectivity index is 2.57. The number of anilines is 1. The lowest BCUT2D eigenvalue weighted by Gasteiger charge is -2.07. The van der Waals surface area contributed by atoms with E-state index in [0.717, 1.165) is 0 Å². The molecular formula is C7H10ClN3O. The van der Waals surface area contributed by atoms with Crippen LogP contribution in [0.25, 0.3) is 0 Å². The number of hydrogen-bond acceptors (Lipinski definition) is 4. The van der Waals surface area contributed by atoms with Crippen molar-refractivity contribution >= 4 is 17.4 Å². The second kappa shape index (κ2) is 4.23. The van der Waals surface area contributed by atoms with Crippen LogP contribution in [0.5, 0.6) is 0 Å². The molecule has 0 aliphatic carbocycles. The molecule has 1 atom stereocenters. The third kappa shape index (κ3) is 2.64. The summed E-state index contributed by atoms with van der Waals surface area (Å²) >= 11 is 5.74. The second-order valence-corrected chi connectivity index (χ2v) is 2.86. The molecule has 0 saturated carbocycles. The van der Waals surface area contributed by atoms with Crippen molar-refractivity contribution in [1.82, 2.24) is 9.97 Å². The Kier molecular flexibility index (Phi) is 3.25. The van der Waals surface area contributed by atoms with E-state index in [1.54, 1.807) is 6.92 Å². The number of aliphatic hydroxyl groups is 1. The minimum Gasteiger partial charge on any atom is -0.392 e. The van der Waals surface area contributed by atoms with Gasteiger partial charge in [-0.25, -0.2) is 9.97 Å². The first-order valence-electron chi connectivity index (χ1n) is 3.57. The molecule has 0 spiro atoms. The van der Waals surface area contributed by atoms with Gasteiger partial charge in [-0.1, -0.05) is 11.6 Å². The number of hydrogen-bond donors (Lipinski definition) is 2. The zero-order valence-corrected chi connectivity index (χ0v) is 7.41. The third-order valence-corrected chi connectivity index (χ3v) is 1.51. The van der Waals surface area contributed by atoms with E-state index in [2.05, 4.69) is 15.3 Å². The maximum atomic E-state index is 8.96. The third-order valence-electron chi connectivity index (χ3n) is 1.23. The molecule has 1 rings (SSSR count). The number of aromatic nitrogens is 2. The zero-order chi connectivity index (χ0) is 8.97. The van der Waals surface area contributed by atoms with E-state index in [4.69, 9.17) is 16.7 Å². The fourth-order valence-electron chi connectivity index (χ4n) is 0.687. The van der Waals surface area contributed by atoms with Crippen molar-refractivity contribution in [2.24, 2.45) is 0 Å². The molecular weight excluding hydrogens is 178 g/mol. The van der Waals surface area contributed by atoms with Gasteiger partial charge in [0.2, 0.25) is 0 Å². The fourth-order valence-corrected chi connectivity index (χ4v) is 0.859. The predicted octanol–water partition coefficient (Wildman–Crippen LogP) is 0.923. The van der Waals surface area contributed by atoms with Gasteiger partial charge in [-0.05, 0) is 6.92 Å². The molecule has 0 amide bonds. The van der Waals surface area contributed by atoms with Crippen molar-refractivity contribution in [3.05, 3.63) is 17.5 Å². The van der Waals surface area contributed by atoms with Crippen LogP contribution in [0.1, 0.15) is 6.92 Å². The minimum absolute atomic E-state index is 0.420. The first-order valence-corrected chi connectivity index (χ1v) is 3.95. The van der Waals surface area contributed by atoms with Gasteiger partial charge in [0.25, 0.3) is 0 Å². The number of aliphatic hydroxyl groups excluding tert-OH is 1. The maximum Gasteiger partial charge on any atom is 0.148 e. The number of halogens is 1. The van der Waals surface area contributed by atoms with Gasteiger partial charge in [-0.3, -0.25) is 0 Å². The van der Waals surface area contributed by atoms with Gasteiger partial charge >= 0.3 is 0 Å². The van der Waals surface area contributed by atoms with E-state index in [0.29, 0.717) is 17.4 Å². The summed E-state index contributed by atoms with van der Waals surface area (Å²) in [7, 11) is 0. The minimum atomic E-state index is -0.420. The highest BCUT2D eigenvalue weighted by Gasteiger charge is 2.01. The topological polar surface area (TPSA) is 58.0 Å². The van der Waals surface area contributed by atoms with Crippen LogP contribution in [0.15, 0.2) is 12.5 Å². The predicted molar refractivity (Wildman–Crippen MR) is 47.2 cm³/mol. The lowest BCUT2D eigenvalue weighted by molar-refractivity contribution is 0.208. The van der Waals surface area contributed by atoms with Gasteiger partial charge in [0.15, 0.2) is 0 Å². The van der Waals surface area contributed by atoms with E-state index in [1.807, 2.05) is 0 Å². The molecule has 5 heteroatoms. The Labute approximate surface area is 75.6 Å². The van der Waals surface area contributed by atoms with Crippen LogP contribution >= 0.6 is 11.6 Å². The van der Waals surface area contributed by atoms with Crippen LogP contribution in [0.3, 0.4) is 0 Å². The zero-order valence-electron chi connectivity index (χ0n) is 6.66. The number of rotatable bonds is 3. The SMILES string of the molecule is CC(O)CNc1ncncc1Cl. The van der Waals surface area contributed by atoms with Crippen LogP contribution in [-0.4, -0.2) is 27.7 Å². The van der Waals surface area contributed by atoms with Gasteiger partial charge in [-0.15, -0.1) is 0 Å². The molecule has 0 fully saturated rings. The van der Waals surface area contributed by atoms with Gasteiger partial charge in [0.1, 0.15) is 17.2 Å². The van der Waals surface area contributed by atoms with E-state index in [-0.39, 0.29) is 0 Å². The van der Waals surface area contributed by atoms with Crippen LogP contribution < -0.4 is 5.32 Å². The largest absolute Gasteiger partial charge is 0.392 e. The number of nitrogens with zero attached hydrogens (tertiary/aromatic N) is 2. The Morgan fingerprint density at radius 3 is 3.08 bits per heavy atom. The maximum absolute atomic E-state index is 8.96. The standard InChI is InChI=1S/C7H10ClN3O/c1-5(12)2-10-7-6(8)3-9-4-11-7/h3-5,12H,2H2,1H3,(H,9,10,11). The summed E-state index contributed by atoms with van der Waals surface area (Å²) in [5.74, 6) is 0.549. The van der Waals surface area contributed by atoms with Crippen molar-refractivity contribution in [2.75, 3.05) is 11.9 Å². The van der Waals surface area contributed by atoms with Crippen molar-refractivity contribution in [1.29, 1.82) is 0 Å². The second-order valence-electron chi connectivity index (χ2n) is 2.45. The molecule has 4 nitrogen and oxygen atoms in total.